The van der Waals surface area contributed by atoms with Gasteiger partial charge in [-0.15, -0.1) is 0 Å². The van der Waals surface area contributed by atoms with Crippen LogP contribution in [0.3, 0.4) is 0 Å². The van der Waals surface area contributed by atoms with Crippen molar-refractivity contribution >= 4 is 34.6 Å². The van der Waals surface area contributed by atoms with Crippen LogP contribution in [0.1, 0.15) is 31.1 Å². The third-order valence-electron chi connectivity index (χ3n) is 3.40. The Morgan fingerprint density at radius 2 is 1.46 bits per heavy atom. The van der Waals surface area contributed by atoms with Crippen LogP contribution in [0.5, 0.6) is 0 Å². The first kappa shape index (κ1) is 18.7. The third-order valence-corrected chi connectivity index (χ3v) is 3.40. The van der Waals surface area contributed by atoms with Gasteiger partial charge in [0.05, 0.1) is 16.7 Å². The molecule has 0 fully saturated rings. The SMILES string of the molecule is C=CC(=O)OCCOC(=O)c1ccc2cc(C(=O)O)c(C(=O)O)cc2c1. The van der Waals surface area contributed by atoms with Crippen LogP contribution in [0.15, 0.2) is 43.0 Å². The number of carbonyl (C=O) groups excluding carboxylic acids is 2. The van der Waals surface area contributed by atoms with Crippen LogP contribution in [-0.4, -0.2) is 47.3 Å². The van der Waals surface area contributed by atoms with Gasteiger partial charge in [-0.1, -0.05) is 12.6 Å². The van der Waals surface area contributed by atoms with Crippen molar-refractivity contribution in [1.82, 2.24) is 0 Å². The minimum Gasteiger partial charge on any atom is -0.478 e. The summed E-state index contributed by atoms with van der Waals surface area (Å²) >= 11 is 0. The Balaban J connectivity index is 2.22. The van der Waals surface area contributed by atoms with Crippen molar-refractivity contribution < 1.29 is 38.9 Å². The van der Waals surface area contributed by atoms with Gasteiger partial charge in [0.15, 0.2) is 0 Å². The maximum absolute atomic E-state index is 12.0. The lowest BCUT2D eigenvalue weighted by molar-refractivity contribution is -0.138. The molecule has 8 heteroatoms. The summed E-state index contributed by atoms with van der Waals surface area (Å²) in [5.41, 5.74) is -0.580. The van der Waals surface area contributed by atoms with E-state index in [1.165, 1.54) is 30.3 Å². The van der Waals surface area contributed by atoms with E-state index in [4.69, 9.17) is 14.9 Å². The lowest BCUT2D eigenvalue weighted by Crippen LogP contribution is -2.13. The van der Waals surface area contributed by atoms with Gasteiger partial charge in [0, 0.05) is 6.08 Å². The zero-order valence-electron chi connectivity index (χ0n) is 13.4. The van der Waals surface area contributed by atoms with E-state index in [9.17, 15) is 19.2 Å². The van der Waals surface area contributed by atoms with Crippen molar-refractivity contribution in [3.05, 3.63) is 59.7 Å². The molecule has 2 N–H and O–H groups in total. The zero-order chi connectivity index (χ0) is 19.3. The number of rotatable bonds is 7. The first-order valence-electron chi connectivity index (χ1n) is 7.34. The highest BCUT2D eigenvalue weighted by molar-refractivity contribution is 6.07. The first-order valence-corrected chi connectivity index (χ1v) is 7.34. The molecule has 0 aromatic heterocycles. The summed E-state index contributed by atoms with van der Waals surface area (Å²) < 4.78 is 9.62. The number of carbonyl (C=O) groups is 4. The molecule has 0 saturated heterocycles. The number of hydrogen-bond donors (Lipinski definition) is 2. The van der Waals surface area contributed by atoms with Crippen LogP contribution in [0, 0.1) is 0 Å². The van der Waals surface area contributed by atoms with E-state index in [2.05, 4.69) is 11.3 Å². The summed E-state index contributed by atoms with van der Waals surface area (Å²) in [5, 5.41) is 19.1. The molecule has 2 rings (SSSR count). The molecular formula is C18H14O8. The average molecular weight is 358 g/mol. The maximum atomic E-state index is 12.0. The number of fused-ring (bicyclic) bond motifs is 1. The van der Waals surface area contributed by atoms with E-state index >= 15 is 0 Å². The van der Waals surface area contributed by atoms with Gasteiger partial charge in [0.2, 0.25) is 0 Å². The second kappa shape index (κ2) is 7.93. The van der Waals surface area contributed by atoms with Gasteiger partial charge in [-0.05, 0) is 35.0 Å². The molecule has 0 radical (unpaired) electrons. The molecule has 2 aromatic rings. The molecule has 0 saturated carbocycles. The standard InChI is InChI=1S/C18H14O8/c1-2-15(19)25-5-6-26-18(24)11-4-3-10-8-13(16(20)21)14(17(22)23)9-12(10)7-11/h2-4,7-9H,1,5-6H2,(H,20,21)(H,22,23). The Labute approximate surface area is 147 Å². The number of ether oxygens (including phenoxy) is 2. The Kier molecular flexibility index (Phi) is 5.69. The highest BCUT2D eigenvalue weighted by Crippen LogP contribution is 2.22. The normalized spacial score (nSPS) is 10.2. The number of benzene rings is 2. The van der Waals surface area contributed by atoms with Crippen LogP contribution in [0.2, 0.25) is 0 Å². The Hall–Kier alpha value is -3.68. The van der Waals surface area contributed by atoms with Crippen LogP contribution in [0.4, 0.5) is 0 Å². The molecule has 26 heavy (non-hydrogen) atoms. The molecule has 0 unspecified atom stereocenters. The largest absolute Gasteiger partial charge is 0.478 e. The molecule has 0 spiro atoms. The number of esters is 2. The van der Waals surface area contributed by atoms with Gasteiger partial charge >= 0.3 is 23.9 Å². The van der Waals surface area contributed by atoms with E-state index < -0.39 is 23.9 Å². The Bertz CT molecular complexity index is 913. The molecule has 8 nitrogen and oxygen atoms in total. The summed E-state index contributed by atoms with van der Waals surface area (Å²) in [6, 6.07) is 6.72. The van der Waals surface area contributed by atoms with Gasteiger partial charge < -0.3 is 19.7 Å². The molecule has 0 amide bonds. The Morgan fingerprint density at radius 3 is 2.04 bits per heavy atom. The average Bonchev–Trinajstić information content (AvgIpc) is 2.62. The fourth-order valence-corrected chi connectivity index (χ4v) is 2.20. The van der Waals surface area contributed by atoms with Crippen molar-refractivity contribution in [2.24, 2.45) is 0 Å². The number of carboxylic acids is 2. The van der Waals surface area contributed by atoms with Gasteiger partial charge in [-0.2, -0.15) is 0 Å². The second-order valence-corrected chi connectivity index (χ2v) is 5.08. The first-order chi connectivity index (χ1) is 12.3. The number of hydrogen-bond acceptors (Lipinski definition) is 6. The quantitative estimate of drug-likeness (QED) is 0.438. The maximum Gasteiger partial charge on any atom is 0.338 e. The lowest BCUT2D eigenvalue weighted by Gasteiger charge is -2.08. The highest BCUT2D eigenvalue weighted by atomic mass is 16.6. The minimum atomic E-state index is -1.39. The van der Waals surface area contributed by atoms with E-state index in [1.54, 1.807) is 0 Å². The monoisotopic (exact) mass is 358 g/mol. The smallest absolute Gasteiger partial charge is 0.338 e. The van der Waals surface area contributed by atoms with Gasteiger partial charge in [0.25, 0.3) is 0 Å². The zero-order valence-corrected chi connectivity index (χ0v) is 13.4. The minimum absolute atomic E-state index is 0.130. The van der Waals surface area contributed by atoms with Crippen molar-refractivity contribution in [1.29, 1.82) is 0 Å². The predicted octanol–water partition coefficient (Wildman–Crippen LogP) is 2.12. The van der Waals surface area contributed by atoms with Gasteiger partial charge in [0.1, 0.15) is 13.2 Å². The molecule has 0 aliphatic carbocycles. The number of aromatic carboxylic acids is 2. The Morgan fingerprint density at radius 1 is 0.885 bits per heavy atom. The van der Waals surface area contributed by atoms with E-state index in [0.717, 1.165) is 6.08 Å². The molecule has 2 aromatic carbocycles. The molecule has 134 valence electrons. The van der Waals surface area contributed by atoms with Crippen molar-refractivity contribution in [3.63, 3.8) is 0 Å². The van der Waals surface area contributed by atoms with E-state index in [0.29, 0.717) is 10.8 Å². The molecule has 0 aliphatic rings. The summed E-state index contributed by atoms with van der Waals surface area (Å²) in [6.45, 7) is 2.94. The fourth-order valence-electron chi connectivity index (χ4n) is 2.20. The van der Waals surface area contributed by atoms with E-state index in [1.807, 2.05) is 0 Å². The fraction of sp³-hybridized carbons (Fsp3) is 0.111. The van der Waals surface area contributed by atoms with Gasteiger partial charge in [-0.3, -0.25) is 0 Å². The summed E-state index contributed by atoms with van der Waals surface area (Å²) in [7, 11) is 0. The van der Waals surface area contributed by atoms with Crippen LogP contribution in [-0.2, 0) is 14.3 Å². The molecule has 0 aliphatic heterocycles. The lowest BCUT2D eigenvalue weighted by atomic mass is 9.99. The van der Waals surface area contributed by atoms with Crippen molar-refractivity contribution in [2.75, 3.05) is 13.2 Å². The molecule has 0 bridgehead atoms. The van der Waals surface area contributed by atoms with Crippen LogP contribution >= 0.6 is 0 Å². The second-order valence-electron chi connectivity index (χ2n) is 5.08. The van der Waals surface area contributed by atoms with Gasteiger partial charge in [-0.25, -0.2) is 19.2 Å². The van der Waals surface area contributed by atoms with Crippen molar-refractivity contribution in [3.8, 4) is 0 Å². The summed E-state index contributed by atoms with van der Waals surface area (Å²) in [4.78, 5) is 45.3. The topological polar surface area (TPSA) is 127 Å². The van der Waals surface area contributed by atoms with E-state index in [-0.39, 0.29) is 29.9 Å². The van der Waals surface area contributed by atoms with Crippen LogP contribution in [0.25, 0.3) is 10.8 Å². The van der Waals surface area contributed by atoms with Crippen LogP contribution < -0.4 is 0 Å². The third kappa shape index (κ3) is 4.23. The predicted molar refractivity (Wildman–Crippen MR) is 89.3 cm³/mol. The highest BCUT2D eigenvalue weighted by Gasteiger charge is 2.18. The molecular weight excluding hydrogens is 344 g/mol. The molecule has 0 heterocycles. The number of carboxylic acid groups (broad SMARTS) is 2. The van der Waals surface area contributed by atoms with Crippen molar-refractivity contribution in [2.45, 2.75) is 0 Å². The summed E-state index contributed by atoms with van der Waals surface area (Å²) in [6.07, 6.45) is 0.983. The molecule has 0 atom stereocenters. The summed E-state index contributed by atoms with van der Waals surface area (Å²) in [5.74, 6) is -4.08.